The second-order valence-electron chi connectivity index (χ2n) is 2.84. The molecule has 1 aromatic rings. The molecule has 0 fully saturated rings. The van der Waals surface area contributed by atoms with Crippen LogP contribution in [0.3, 0.4) is 0 Å². The molecule has 0 bridgehead atoms. The molecule has 1 aliphatic heterocycles. The fourth-order valence-electron chi connectivity index (χ4n) is 1.09. The van der Waals surface area contributed by atoms with Gasteiger partial charge < -0.3 is 10.1 Å². The van der Waals surface area contributed by atoms with Gasteiger partial charge in [-0.05, 0) is 22.0 Å². The summed E-state index contributed by atoms with van der Waals surface area (Å²) in [4.78, 5) is 10.8. The largest absolute Gasteiger partial charge is 0.482 e. The standard InChI is InChI=1S/C8H3BrF3NO2/c9-3-1-5-6(2-4(3)10)15-8(11,12)7(14)13-5/h1-2H,(H,13,14). The molecule has 2 rings (SSSR count). The van der Waals surface area contributed by atoms with Gasteiger partial charge in [0.15, 0.2) is 5.75 Å². The van der Waals surface area contributed by atoms with E-state index in [1.54, 1.807) is 0 Å². The van der Waals surface area contributed by atoms with Gasteiger partial charge in [0.25, 0.3) is 0 Å². The van der Waals surface area contributed by atoms with E-state index in [1.807, 2.05) is 5.32 Å². The normalized spacial score (nSPS) is 17.7. The molecule has 1 N–H and O–H groups in total. The smallest absolute Gasteiger partial charge is 0.423 e. The molecule has 0 aromatic heterocycles. The maximum absolute atomic E-state index is 13.0. The fraction of sp³-hybridized carbons (Fsp3) is 0.125. The number of carbonyl (C=O) groups is 1. The van der Waals surface area contributed by atoms with Crippen molar-refractivity contribution < 1.29 is 22.7 Å². The third-order valence-corrected chi connectivity index (χ3v) is 2.38. The van der Waals surface area contributed by atoms with E-state index < -0.39 is 23.6 Å². The van der Waals surface area contributed by atoms with Gasteiger partial charge in [-0.1, -0.05) is 0 Å². The van der Waals surface area contributed by atoms with Crippen molar-refractivity contribution in [3.05, 3.63) is 22.4 Å². The Morgan fingerprint density at radius 1 is 1.40 bits per heavy atom. The average Bonchev–Trinajstić information content (AvgIpc) is 2.11. The molecule has 3 nitrogen and oxygen atoms in total. The van der Waals surface area contributed by atoms with E-state index in [1.165, 1.54) is 0 Å². The molecule has 80 valence electrons. The van der Waals surface area contributed by atoms with Crippen LogP contribution in [-0.2, 0) is 4.79 Å². The van der Waals surface area contributed by atoms with E-state index in [2.05, 4.69) is 20.7 Å². The molecule has 0 atom stereocenters. The number of halogens is 4. The zero-order valence-electron chi connectivity index (χ0n) is 6.98. The SMILES string of the molecule is O=C1Nc2cc(Br)c(F)cc2OC1(F)F. The third kappa shape index (κ3) is 1.67. The molecule has 7 heteroatoms. The van der Waals surface area contributed by atoms with Crippen LogP contribution in [0.5, 0.6) is 5.75 Å². The lowest BCUT2D eigenvalue weighted by atomic mass is 10.2. The van der Waals surface area contributed by atoms with Crippen molar-refractivity contribution in [1.82, 2.24) is 0 Å². The minimum atomic E-state index is -3.97. The van der Waals surface area contributed by atoms with Crippen molar-refractivity contribution in [3.8, 4) is 5.75 Å². The third-order valence-electron chi connectivity index (χ3n) is 1.77. The van der Waals surface area contributed by atoms with Crippen LogP contribution in [0.2, 0.25) is 0 Å². The Hall–Kier alpha value is -1.24. The Balaban J connectivity index is 2.51. The van der Waals surface area contributed by atoms with Crippen molar-refractivity contribution in [2.45, 2.75) is 6.11 Å². The number of ether oxygens (including phenoxy) is 1. The Bertz CT molecular complexity index is 450. The number of benzene rings is 1. The highest BCUT2D eigenvalue weighted by Gasteiger charge is 2.46. The first-order valence-electron chi connectivity index (χ1n) is 3.77. The van der Waals surface area contributed by atoms with Crippen molar-refractivity contribution in [3.63, 3.8) is 0 Å². The molecular weight excluding hydrogens is 279 g/mol. The maximum atomic E-state index is 13.0. The van der Waals surface area contributed by atoms with Gasteiger partial charge in [0.1, 0.15) is 5.82 Å². The van der Waals surface area contributed by atoms with E-state index in [-0.39, 0.29) is 10.2 Å². The number of nitrogens with one attached hydrogen (secondary N) is 1. The summed E-state index contributed by atoms with van der Waals surface area (Å²) < 4.78 is 42.6. The summed E-state index contributed by atoms with van der Waals surface area (Å²) in [7, 11) is 0. The van der Waals surface area contributed by atoms with Gasteiger partial charge in [0.2, 0.25) is 0 Å². The Kier molecular flexibility index (Phi) is 2.14. The predicted molar refractivity (Wildman–Crippen MR) is 48.3 cm³/mol. The second-order valence-corrected chi connectivity index (χ2v) is 3.69. The topological polar surface area (TPSA) is 38.3 Å². The van der Waals surface area contributed by atoms with Crippen molar-refractivity contribution in [2.75, 3.05) is 5.32 Å². The number of alkyl halides is 2. The van der Waals surface area contributed by atoms with Crippen LogP contribution in [0, 0.1) is 5.82 Å². The molecule has 1 aromatic carbocycles. The number of rotatable bonds is 0. The number of hydrogen-bond donors (Lipinski definition) is 1. The molecule has 0 spiro atoms. The maximum Gasteiger partial charge on any atom is 0.482 e. The zero-order valence-corrected chi connectivity index (χ0v) is 8.57. The number of amides is 1. The van der Waals surface area contributed by atoms with E-state index in [0.717, 1.165) is 12.1 Å². The molecule has 0 saturated heterocycles. The van der Waals surface area contributed by atoms with Crippen molar-refractivity contribution in [1.29, 1.82) is 0 Å². The first-order valence-corrected chi connectivity index (χ1v) is 4.57. The van der Waals surface area contributed by atoms with Gasteiger partial charge in [-0.3, -0.25) is 4.79 Å². The summed E-state index contributed by atoms with van der Waals surface area (Å²) in [6.45, 7) is 0. The highest BCUT2D eigenvalue weighted by atomic mass is 79.9. The van der Waals surface area contributed by atoms with Crippen LogP contribution in [0.4, 0.5) is 18.9 Å². The van der Waals surface area contributed by atoms with Crippen LogP contribution < -0.4 is 10.1 Å². The lowest BCUT2D eigenvalue weighted by Crippen LogP contribution is -2.43. The molecule has 0 unspecified atom stereocenters. The number of carbonyl (C=O) groups excluding carboxylic acids is 1. The predicted octanol–water partition coefficient (Wildman–Crippen LogP) is 2.51. The summed E-state index contributed by atoms with van der Waals surface area (Å²) in [5.41, 5.74) is -0.000741. The molecule has 15 heavy (non-hydrogen) atoms. The second kappa shape index (κ2) is 3.13. The van der Waals surface area contributed by atoms with E-state index in [4.69, 9.17) is 0 Å². The lowest BCUT2D eigenvalue weighted by Gasteiger charge is -2.24. The lowest BCUT2D eigenvalue weighted by molar-refractivity contribution is -0.189. The van der Waals surface area contributed by atoms with Gasteiger partial charge in [-0.15, -0.1) is 0 Å². The van der Waals surface area contributed by atoms with E-state index in [9.17, 15) is 18.0 Å². The highest BCUT2D eigenvalue weighted by molar-refractivity contribution is 9.10. The van der Waals surface area contributed by atoms with Crippen LogP contribution in [0.1, 0.15) is 0 Å². The molecule has 1 aliphatic rings. The van der Waals surface area contributed by atoms with Gasteiger partial charge in [-0.2, -0.15) is 8.78 Å². The summed E-state index contributed by atoms with van der Waals surface area (Å²) >= 11 is 2.85. The highest BCUT2D eigenvalue weighted by Crippen LogP contribution is 2.38. The molecule has 0 saturated carbocycles. The number of fused-ring (bicyclic) bond motifs is 1. The summed E-state index contributed by atoms with van der Waals surface area (Å²) in [6.07, 6.45) is -3.97. The zero-order chi connectivity index (χ0) is 11.2. The molecule has 1 amide bonds. The Morgan fingerprint density at radius 3 is 2.73 bits per heavy atom. The number of hydrogen-bond acceptors (Lipinski definition) is 2. The van der Waals surface area contributed by atoms with Gasteiger partial charge in [0, 0.05) is 6.07 Å². The minimum absolute atomic E-state index is 0.000741. The first kappa shape index (κ1) is 10.3. The fourth-order valence-corrected chi connectivity index (χ4v) is 1.43. The average molecular weight is 282 g/mol. The number of anilines is 1. The Labute approximate surface area is 90.3 Å². The quantitative estimate of drug-likeness (QED) is 0.794. The van der Waals surface area contributed by atoms with Crippen molar-refractivity contribution >= 4 is 27.5 Å². The monoisotopic (exact) mass is 281 g/mol. The first-order chi connectivity index (χ1) is 6.90. The molecular formula is C8H3BrF3NO2. The van der Waals surface area contributed by atoms with E-state index in [0.29, 0.717) is 0 Å². The summed E-state index contributed by atoms with van der Waals surface area (Å²) in [5.74, 6) is -2.73. The van der Waals surface area contributed by atoms with Gasteiger partial charge in [-0.25, -0.2) is 4.39 Å². The summed E-state index contributed by atoms with van der Waals surface area (Å²) in [5, 5.41) is 1.91. The molecule has 1 heterocycles. The van der Waals surface area contributed by atoms with Gasteiger partial charge >= 0.3 is 12.0 Å². The van der Waals surface area contributed by atoms with Crippen LogP contribution in [0.15, 0.2) is 16.6 Å². The van der Waals surface area contributed by atoms with Crippen LogP contribution in [-0.4, -0.2) is 12.0 Å². The summed E-state index contributed by atoms with van der Waals surface area (Å²) in [6, 6.07) is 1.92. The molecule has 0 radical (unpaired) electrons. The van der Waals surface area contributed by atoms with Gasteiger partial charge in [0.05, 0.1) is 10.2 Å². The van der Waals surface area contributed by atoms with Crippen LogP contribution >= 0.6 is 15.9 Å². The molecule has 0 aliphatic carbocycles. The minimum Gasteiger partial charge on any atom is -0.423 e. The Morgan fingerprint density at radius 2 is 2.07 bits per heavy atom. The van der Waals surface area contributed by atoms with E-state index >= 15 is 0 Å². The van der Waals surface area contributed by atoms with Crippen molar-refractivity contribution in [2.24, 2.45) is 0 Å². The van der Waals surface area contributed by atoms with Crippen LogP contribution in [0.25, 0.3) is 0 Å².